The first-order valence-electron chi connectivity index (χ1n) is 30.2. The van der Waals surface area contributed by atoms with Gasteiger partial charge >= 0.3 is 0 Å². The molecule has 0 fully saturated rings. The Morgan fingerprint density at radius 2 is 0.800 bits per heavy atom. The molecule has 15 rings (SSSR count). The van der Waals surface area contributed by atoms with Gasteiger partial charge in [-0.3, -0.25) is 0 Å². The lowest BCUT2D eigenvalue weighted by molar-refractivity contribution is 0.590. The molecule has 2 aliphatic heterocycles. The molecule has 0 spiro atoms. The molecule has 418 valence electrons. The minimum absolute atomic E-state index is 0.0189. The van der Waals surface area contributed by atoms with Gasteiger partial charge in [0.15, 0.2) is 11.2 Å². The van der Waals surface area contributed by atoms with E-state index in [1.54, 1.807) is 0 Å². The molecule has 85 heavy (non-hydrogen) atoms. The molecule has 5 heteroatoms. The summed E-state index contributed by atoms with van der Waals surface area (Å²) >= 11 is 1.93. The number of rotatable bonds is 6. The number of nitrogens with zero attached hydrogens (tertiary/aromatic N) is 3. The zero-order valence-corrected chi connectivity index (χ0v) is 51.7. The van der Waals surface area contributed by atoms with Crippen molar-refractivity contribution >= 4 is 120 Å². The quantitative estimate of drug-likeness (QED) is 0.155. The van der Waals surface area contributed by atoms with Crippen LogP contribution in [0, 0.1) is 0 Å². The van der Waals surface area contributed by atoms with Crippen molar-refractivity contribution in [1.82, 2.24) is 4.57 Å². The maximum Gasteiger partial charge on any atom is 0.152 e. The molecule has 1 aliphatic carbocycles. The smallest absolute Gasteiger partial charge is 0.152 e. The van der Waals surface area contributed by atoms with Crippen LogP contribution in [0.15, 0.2) is 217 Å². The van der Waals surface area contributed by atoms with Gasteiger partial charge in [0.1, 0.15) is 0 Å². The highest BCUT2D eigenvalue weighted by Gasteiger charge is 2.35. The summed E-state index contributed by atoms with van der Waals surface area (Å²) in [5.41, 5.74) is 21.4. The molecule has 11 aromatic carbocycles. The third-order valence-electron chi connectivity index (χ3n) is 18.1. The number of para-hydroxylation sites is 3. The molecule has 0 unspecified atom stereocenters. The van der Waals surface area contributed by atoms with Crippen molar-refractivity contribution in [2.45, 2.75) is 105 Å². The van der Waals surface area contributed by atoms with Crippen LogP contribution >= 0.6 is 11.3 Å². The summed E-state index contributed by atoms with van der Waals surface area (Å²) in [5.74, 6) is 0. The van der Waals surface area contributed by atoms with Gasteiger partial charge in [-0.25, -0.2) is 0 Å². The van der Waals surface area contributed by atoms with E-state index in [9.17, 15) is 0 Å². The van der Waals surface area contributed by atoms with Crippen LogP contribution in [0.5, 0.6) is 0 Å². The van der Waals surface area contributed by atoms with E-state index in [1.165, 1.54) is 91.6 Å². The summed E-state index contributed by atoms with van der Waals surface area (Å²) in [7, 11) is 0. The summed E-state index contributed by atoms with van der Waals surface area (Å²) < 4.78 is 12.2. The Morgan fingerprint density at radius 1 is 0.353 bits per heavy atom. The number of hydrogen-bond donors (Lipinski definition) is 0. The summed E-state index contributed by atoms with van der Waals surface area (Å²) in [6, 6.07) is 80.8. The first-order chi connectivity index (χ1) is 40.7. The number of thiophene rings is 1. The Balaban J connectivity index is 1.19. The summed E-state index contributed by atoms with van der Waals surface area (Å²) in [6.07, 6.45) is 0. The van der Waals surface area contributed by atoms with Crippen molar-refractivity contribution in [3.8, 4) is 27.9 Å². The molecule has 0 amide bonds. The van der Waals surface area contributed by atoms with Gasteiger partial charge in [-0.05, 0) is 145 Å². The normalized spacial score (nSPS) is 12.9. The highest BCUT2D eigenvalue weighted by atomic mass is 32.1. The minimum Gasteiger partial charge on any atom is -0.453 e. The Labute approximate surface area is 503 Å². The molecule has 3 aliphatic rings. The van der Waals surface area contributed by atoms with Crippen LogP contribution in [-0.4, -0.2) is 4.57 Å². The van der Waals surface area contributed by atoms with Crippen LogP contribution in [0.3, 0.4) is 0 Å². The zero-order chi connectivity index (χ0) is 58.6. The number of fused-ring (bicyclic) bond motifs is 11. The van der Waals surface area contributed by atoms with Gasteiger partial charge in [0, 0.05) is 81.2 Å². The maximum absolute atomic E-state index is 7.13. The third kappa shape index (κ3) is 8.28. The molecular formula is C80H71N3OS. The molecule has 12 aromatic rings. The summed E-state index contributed by atoms with van der Waals surface area (Å²) in [6.45, 7) is 27.6. The van der Waals surface area contributed by atoms with Gasteiger partial charge in [0.2, 0.25) is 0 Å². The lowest BCUT2D eigenvalue weighted by atomic mass is 9.86. The van der Waals surface area contributed by atoms with Crippen molar-refractivity contribution in [1.29, 1.82) is 0 Å². The van der Waals surface area contributed by atoms with Gasteiger partial charge in [-0.2, -0.15) is 0 Å². The van der Waals surface area contributed by atoms with E-state index in [2.05, 4.69) is 310 Å². The van der Waals surface area contributed by atoms with Gasteiger partial charge in [-0.1, -0.05) is 210 Å². The molecule has 0 N–H and O–H groups in total. The van der Waals surface area contributed by atoms with E-state index < -0.39 is 0 Å². The van der Waals surface area contributed by atoms with Crippen molar-refractivity contribution in [2.75, 3.05) is 9.80 Å². The summed E-state index contributed by atoms with van der Waals surface area (Å²) in [4.78, 5) is 5.12. The number of anilines is 6. The second-order valence-electron chi connectivity index (χ2n) is 27.8. The molecule has 0 radical (unpaired) electrons. The van der Waals surface area contributed by atoms with Crippen LogP contribution in [-0.2, 0) is 21.7 Å². The zero-order valence-electron chi connectivity index (χ0n) is 50.9. The molecule has 0 saturated carbocycles. The second-order valence-corrected chi connectivity index (χ2v) is 28.8. The number of hydrogen-bond acceptors (Lipinski definition) is 4. The lowest BCUT2D eigenvalue weighted by Gasteiger charge is -2.31. The van der Waals surface area contributed by atoms with Crippen molar-refractivity contribution in [3.63, 3.8) is 0 Å². The van der Waals surface area contributed by atoms with Gasteiger partial charge in [0.05, 0.1) is 28.1 Å². The standard InChI is InChI=1S/C80H71N3OS/c1-77(2,3)48-31-39-52(40-32-48)81(53-41-33-49(34-42-53)78(4,5)6)64-47-61-68-59-24-19-27-63(68)83-62-26-16-17-28-65(62)84-66-29-20-25-60(74(66)83)71-70(73(61)76-69(64)58-23-15-18-30-67(58)85-76)56-21-13-14-22-57(56)75(72(59)71)82(54-43-35-50(36-44-54)79(7,8)9)55-45-37-51(38-46-55)80(10,11)12/h13-47H,1-12H3. The number of aromatic nitrogens is 1. The van der Waals surface area contributed by atoms with Crippen molar-refractivity contribution < 1.29 is 4.42 Å². The highest BCUT2D eigenvalue weighted by Crippen LogP contribution is 2.61. The average molecular weight is 1120 g/mol. The molecule has 0 saturated heterocycles. The van der Waals surface area contributed by atoms with Gasteiger partial charge < -0.3 is 18.8 Å². The monoisotopic (exact) mass is 1120 g/mol. The van der Waals surface area contributed by atoms with E-state index in [4.69, 9.17) is 4.42 Å². The van der Waals surface area contributed by atoms with E-state index in [0.29, 0.717) is 0 Å². The summed E-state index contributed by atoms with van der Waals surface area (Å²) in [5, 5.41) is 9.54. The Hall–Kier alpha value is -8.90. The van der Waals surface area contributed by atoms with E-state index in [0.717, 1.165) is 67.4 Å². The molecular weight excluding hydrogens is 1050 g/mol. The van der Waals surface area contributed by atoms with Crippen LogP contribution in [0.4, 0.5) is 34.1 Å². The molecule has 4 nitrogen and oxygen atoms in total. The SMILES string of the molecule is CC(C)(C)c1ccc(N(c2ccc(C(C)(C)C)cc2)c2cc3c(c4sc5ccccc5c24)-c2c4ccccc4c(N(c4ccc(C(C)(C)C)cc4)c4ccc(C(C)(C)C)cc4)c4c5cccc(c5-3)n3c5ccccc5oc5cccc(c5-3)c24)cc1. The predicted molar refractivity (Wildman–Crippen MR) is 367 cm³/mol. The predicted octanol–water partition coefficient (Wildman–Crippen LogP) is 24.0. The van der Waals surface area contributed by atoms with Gasteiger partial charge in [-0.15, -0.1) is 11.3 Å². The molecule has 0 atom stereocenters. The highest BCUT2D eigenvalue weighted by molar-refractivity contribution is 7.26. The Kier molecular flexibility index (Phi) is 11.7. The van der Waals surface area contributed by atoms with Crippen LogP contribution in [0.2, 0.25) is 0 Å². The van der Waals surface area contributed by atoms with Crippen molar-refractivity contribution in [3.05, 3.63) is 235 Å². The van der Waals surface area contributed by atoms with E-state index >= 15 is 0 Å². The lowest BCUT2D eigenvalue weighted by Crippen LogP contribution is -2.15. The second kappa shape index (κ2) is 18.8. The van der Waals surface area contributed by atoms with Crippen LogP contribution in [0.1, 0.15) is 105 Å². The maximum atomic E-state index is 7.13. The molecule has 1 aromatic heterocycles. The first kappa shape index (κ1) is 52.9. The fourth-order valence-corrected chi connectivity index (χ4v) is 15.0. The minimum atomic E-state index is -0.0294. The fraction of sp³-hybridized carbons (Fsp3) is 0.200. The van der Waals surface area contributed by atoms with Crippen LogP contribution < -0.4 is 9.80 Å². The molecule has 6 bridgehead atoms. The average Bonchev–Trinajstić information content (AvgIpc) is 1.63. The van der Waals surface area contributed by atoms with E-state index in [-0.39, 0.29) is 21.7 Å². The number of benzene rings is 11. The van der Waals surface area contributed by atoms with Crippen molar-refractivity contribution in [2.24, 2.45) is 0 Å². The largest absolute Gasteiger partial charge is 0.453 e. The van der Waals surface area contributed by atoms with E-state index in [1.807, 2.05) is 11.3 Å². The van der Waals surface area contributed by atoms with Gasteiger partial charge in [0.25, 0.3) is 0 Å². The molecule has 3 heterocycles. The third-order valence-corrected chi connectivity index (χ3v) is 19.3. The van der Waals surface area contributed by atoms with Crippen LogP contribution in [0.25, 0.3) is 103 Å². The fourth-order valence-electron chi connectivity index (χ4n) is 13.7. The Bertz CT molecular complexity index is 4890. The topological polar surface area (TPSA) is 24.6 Å². The Morgan fingerprint density at radius 3 is 1.36 bits per heavy atom. The first-order valence-corrected chi connectivity index (χ1v) is 31.0.